The van der Waals surface area contributed by atoms with Crippen LogP contribution in [-0.2, 0) is 4.74 Å². The normalized spacial score (nSPS) is 9.08. The van der Waals surface area contributed by atoms with Crippen molar-refractivity contribution in [1.29, 1.82) is 0 Å². The third-order valence-electron chi connectivity index (χ3n) is 1.22. The number of thiocarbonyl (C=S) groups is 1. The van der Waals surface area contributed by atoms with Crippen LogP contribution in [0.5, 0.6) is 0 Å². The lowest BCUT2D eigenvalue weighted by Crippen LogP contribution is -1.97. The van der Waals surface area contributed by atoms with Crippen LogP contribution in [0.1, 0.15) is 9.67 Å². The number of carbonyl (C=O) groups excluding carboxylic acids is 1. The second-order valence-electron chi connectivity index (χ2n) is 1.96. The van der Waals surface area contributed by atoms with Crippen molar-refractivity contribution in [3.8, 4) is 0 Å². The van der Waals surface area contributed by atoms with Gasteiger partial charge in [0.1, 0.15) is 10.6 Å². The largest absolute Gasteiger partial charge is 0.465 e. The number of rotatable bonds is 2. The summed E-state index contributed by atoms with van der Waals surface area (Å²) in [5.74, 6) is -0.471. The number of methoxy groups -OCH3 is 1. The Morgan fingerprint density at radius 3 is 3.08 bits per heavy atom. The van der Waals surface area contributed by atoms with Crippen LogP contribution in [0.2, 0.25) is 4.34 Å². The highest BCUT2D eigenvalue weighted by Crippen LogP contribution is 2.33. The summed E-state index contributed by atoms with van der Waals surface area (Å²) in [5.41, 5.74) is 0.400. The van der Waals surface area contributed by atoms with Crippen LogP contribution >= 0.6 is 35.2 Å². The highest BCUT2D eigenvalue weighted by Gasteiger charge is 2.15. The Kier molecular flexibility index (Phi) is 3.57. The van der Waals surface area contributed by atoms with E-state index < -0.39 is 5.97 Å². The van der Waals surface area contributed by atoms with Crippen LogP contribution in [0.15, 0.2) is 11.1 Å². The van der Waals surface area contributed by atoms with Crippen molar-refractivity contribution in [2.75, 3.05) is 7.11 Å². The predicted molar refractivity (Wildman–Crippen MR) is 55.4 cm³/mol. The maximum absolute atomic E-state index is 11.1. The summed E-state index contributed by atoms with van der Waals surface area (Å²) in [6.45, 7) is 0. The first-order valence-electron chi connectivity index (χ1n) is 3.14. The fourth-order valence-corrected chi connectivity index (χ4v) is 1.90. The third kappa shape index (κ3) is 2.35. The molecule has 0 amide bonds. The molecule has 0 aliphatic heterocycles. The van der Waals surface area contributed by atoms with E-state index >= 15 is 0 Å². The molecular formula is C7H4ClNO2S2. The number of nitrogens with zero attached hydrogens (tertiary/aromatic N) is 1. The summed E-state index contributed by atoms with van der Waals surface area (Å²) in [4.78, 5) is 15.2. The number of hydrogen-bond acceptors (Lipinski definition) is 5. The van der Waals surface area contributed by atoms with Gasteiger partial charge in [0.05, 0.1) is 16.6 Å². The molecule has 0 aliphatic carbocycles. The van der Waals surface area contributed by atoms with Gasteiger partial charge >= 0.3 is 5.97 Å². The van der Waals surface area contributed by atoms with Crippen molar-refractivity contribution in [2.45, 2.75) is 0 Å². The summed E-state index contributed by atoms with van der Waals surface area (Å²) >= 11 is 11.2. The van der Waals surface area contributed by atoms with E-state index in [0.29, 0.717) is 14.9 Å². The van der Waals surface area contributed by atoms with E-state index in [0.717, 1.165) is 11.3 Å². The zero-order valence-electron chi connectivity index (χ0n) is 6.54. The lowest BCUT2D eigenvalue weighted by molar-refractivity contribution is 0.0607. The minimum absolute atomic E-state index is 0.338. The monoisotopic (exact) mass is 233 g/mol. The van der Waals surface area contributed by atoms with Gasteiger partial charge in [-0.15, -0.1) is 11.3 Å². The molecule has 68 valence electrons. The number of hydrogen-bond donors (Lipinski definition) is 0. The molecule has 0 unspecified atom stereocenters. The van der Waals surface area contributed by atoms with E-state index in [1.54, 1.807) is 0 Å². The zero-order chi connectivity index (χ0) is 9.84. The van der Waals surface area contributed by atoms with E-state index in [9.17, 15) is 4.79 Å². The smallest absolute Gasteiger partial charge is 0.350 e. The minimum Gasteiger partial charge on any atom is -0.465 e. The fraction of sp³-hybridized carbons (Fsp3) is 0.143. The Labute approximate surface area is 89.0 Å². The summed E-state index contributed by atoms with van der Waals surface area (Å²) in [6.07, 6.45) is 0. The summed E-state index contributed by atoms with van der Waals surface area (Å²) in [6, 6.07) is 1.54. The van der Waals surface area contributed by atoms with Gasteiger partial charge in [-0.25, -0.2) is 4.79 Å². The van der Waals surface area contributed by atoms with Gasteiger partial charge in [-0.3, -0.25) is 0 Å². The number of esters is 1. The zero-order valence-corrected chi connectivity index (χ0v) is 8.92. The molecule has 0 atom stereocenters. The number of carbonyl (C=O) groups is 1. The molecule has 1 aromatic rings. The molecule has 0 saturated carbocycles. The quantitative estimate of drug-likeness (QED) is 0.448. The van der Waals surface area contributed by atoms with Crippen LogP contribution < -0.4 is 0 Å². The van der Waals surface area contributed by atoms with Crippen molar-refractivity contribution >= 4 is 52.0 Å². The van der Waals surface area contributed by atoms with Gasteiger partial charge in [0.2, 0.25) is 0 Å². The van der Waals surface area contributed by atoms with Gasteiger partial charge in [-0.2, -0.15) is 4.99 Å². The van der Waals surface area contributed by atoms with Crippen molar-refractivity contribution in [3.05, 3.63) is 15.3 Å². The number of ether oxygens (including phenoxy) is 1. The molecule has 3 nitrogen and oxygen atoms in total. The molecule has 0 spiro atoms. The van der Waals surface area contributed by atoms with Crippen LogP contribution in [0, 0.1) is 0 Å². The SMILES string of the molecule is COC(=O)c1sc(Cl)cc1N=C=S. The second kappa shape index (κ2) is 4.48. The minimum atomic E-state index is -0.471. The van der Waals surface area contributed by atoms with E-state index in [-0.39, 0.29) is 0 Å². The van der Waals surface area contributed by atoms with Crippen LogP contribution in [-0.4, -0.2) is 18.2 Å². The van der Waals surface area contributed by atoms with Crippen LogP contribution in [0.3, 0.4) is 0 Å². The second-order valence-corrected chi connectivity index (χ2v) is 3.83. The molecule has 0 N–H and O–H groups in total. The number of isothiocyanates is 1. The molecule has 0 aliphatic rings. The average Bonchev–Trinajstić information content (AvgIpc) is 2.46. The lowest BCUT2D eigenvalue weighted by atomic mass is 10.4. The molecule has 1 heterocycles. The molecule has 0 radical (unpaired) electrons. The summed E-state index contributed by atoms with van der Waals surface area (Å²) in [7, 11) is 1.29. The Morgan fingerprint density at radius 1 is 1.85 bits per heavy atom. The Morgan fingerprint density at radius 2 is 2.54 bits per heavy atom. The van der Waals surface area contributed by atoms with Gasteiger partial charge in [-0.05, 0) is 18.3 Å². The Hall–Kier alpha value is -0.740. The Bertz CT molecular complexity index is 382. The maximum Gasteiger partial charge on any atom is 0.350 e. The van der Waals surface area contributed by atoms with E-state index in [2.05, 4.69) is 27.1 Å². The van der Waals surface area contributed by atoms with Crippen molar-refractivity contribution < 1.29 is 9.53 Å². The maximum atomic E-state index is 11.1. The van der Waals surface area contributed by atoms with Gasteiger partial charge in [0.15, 0.2) is 0 Å². The standard InChI is InChI=1S/C7H4ClNO2S2/c1-11-7(10)6-4(9-3-12)2-5(8)13-6/h2H,1H3. The topological polar surface area (TPSA) is 38.7 Å². The van der Waals surface area contributed by atoms with Crippen molar-refractivity contribution in [1.82, 2.24) is 0 Å². The van der Waals surface area contributed by atoms with E-state index in [1.165, 1.54) is 13.2 Å². The van der Waals surface area contributed by atoms with E-state index in [4.69, 9.17) is 11.6 Å². The van der Waals surface area contributed by atoms with Crippen molar-refractivity contribution in [3.63, 3.8) is 0 Å². The van der Waals surface area contributed by atoms with Crippen LogP contribution in [0.25, 0.3) is 0 Å². The number of halogens is 1. The molecule has 0 aromatic carbocycles. The Balaban J connectivity index is 3.18. The van der Waals surface area contributed by atoms with Crippen LogP contribution in [0.4, 0.5) is 5.69 Å². The molecule has 1 aromatic heterocycles. The molecular weight excluding hydrogens is 230 g/mol. The first-order valence-corrected chi connectivity index (χ1v) is 4.75. The number of thiophene rings is 1. The summed E-state index contributed by atoms with van der Waals surface area (Å²) < 4.78 is 4.99. The summed E-state index contributed by atoms with van der Waals surface area (Å²) in [5, 5.41) is 2.17. The molecule has 0 fully saturated rings. The highest BCUT2D eigenvalue weighted by molar-refractivity contribution is 7.78. The first kappa shape index (κ1) is 10.3. The molecule has 0 bridgehead atoms. The van der Waals surface area contributed by atoms with Crippen molar-refractivity contribution in [2.24, 2.45) is 4.99 Å². The highest BCUT2D eigenvalue weighted by atomic mass is 35.5. The lowest BCUT2D eigenvalue weighted by Gasteiger charge is -1.93. The fourth-order valence-electron chi connectivity index (χ4n) is 0.723. The molecule has 1 rings (SSSR count). The first-order chi connectivity index (χ1) is 6.19. The molecule has 13 heavy (non-hydrogen) atoms. The average molecular weight is 234 g/mol. The third-order valence-corrected chi connectivity index (χ3v) is 2.54. The van der Waals surface area contributed by atoms with Gasteiger partial charge in [0.25, 0.3) is 0 Å². The molecule has 0 saturated heterocycles. The van der Waals surface area contributed by atoms with Gasteiger partial charge < -0.3 is 4.74 Å². The van der Waals surface area contributed by atoms with E-state index in [1.807, 2.05) is 0 Å². The van der Waals surface area contributed by atoms with Gasteiger partial charge in [-0.1, -0.05) is 11.6 Å². The molecule has 6 heteroatoms. The predicted octanol–water partition coefficient (Wildman–Crippen LogP) is 2.92. The van der Waals surface area contributed by atoms with Gasteiger partial charge in [0, 0.05) is 0 Å². The number of aliphatic imine (C=N–C) groups is 1.